The normalized spacial score (nSPS) is 9.58. The Labute approximate surface area is 76.5 Å². The largest absolute Gasteiger partial charge is 0.494 e. The number of ether oxygens (including phenoxy) is 1. The second-order valence-corrected chi connectivity index (χ2v) is 2.76. The molecule has 0 amide bonds. The summed E-state index contributed by atoms with van der Waals surface area (Å²) in [5, 5.41) is 3.51. The van der Waals surface area contributed by atoms with Crippen LogP contribution >= 0.6 is 11.6 Å². The maximum absolute atomic E-state index is 5.77. The summed E-state index contributed by atoms with van der Waals surface area (Å²) in [6.07, 6.45) is 0. The zero-order valence-electron chi connectivity index (χ0n) is 7.02. The van der Waals surface area contributed by atoms with Crippen LogP contribution in [-0.2, 0) is 0 Å². The second kappa shape index (κ2) is 3.54. The highest BCUT2D eigenvalue weighted by Gasteiger charge is 2.06. The van der Waals surface area contributed by atoms with Crippen LogP contribution in [0.15, 0.2) is 12.1 Å². The molecule has 0 bridgehead atoms. The van der Waals surface area contributed by atoms with Crippen LogP contribution in [0.3, 0.4) is 0 Å². The van der Waals surface area contributed by atoms with E-state index in [4.69, 9.17) is 22.1 Å². The summed E-state index contributed by atoms with van der Waals surface area (Å²) in [6, 6.07) is 3.39. The molecule has 3 nitrogen and oxygen atoms in total. The lowest BCUT2D eigenvalue weighted by molar-refractivity contribution is 0.417. The molecule has 4 heteroatoms. The number of benzene rings is 1. The smallest absolute Gasteiger partial charge is 0.145 e. The zero-order valence-corrected chi connectivity index (χ0v) is 7.77. The predicted octanol–water partition coefficient (Wildman–Crippen LogP) is 1.97. The highest BCUT2D eigenvalue weighted by atomic mass is 35.5. The molecule has 0 spiro atoms. The Balaban J connectivity index is 3.24. The van der Waals surface area contributed by atoms with E-state index in [0.717, 1.165) is 5.69 Å². The lowest BCUT2D eigenvalue weighted by Gasteiger charge is -2.10. The third-order valence-electron chi connectivity index (χ3n) is 1.57. The molecule has 3 N–H and O–H groups in total. The Morgan fingerprint density at radius 1 is 1.50 bits per heavy atom. The molecule has 66 valence electrons. The summed E-state index contributed by atoms with van der Waals surface area (Å²) < 4.78 is 5.07. The standard InChI is InChI=1S/C8H11ClN2O/c1-11-8-6(10)3-5(9)4-7(8)12-2/h3-4,11H,10H2,1-2H3. The summed E-state index contributed by atoms with van der Waals surface area (Å²) in [5.74, 6) is 0.655. The Hall–Kier alpha value is -1.09. The number of rotatable bonds is 2. The average molecular weight is 187 g/mol. The fraction of sp³-hybridized carbons (Fsp3) is 0.250. The molecule has 1 aromatic rings. The van der Waals surface area contributed by atoms with Crippen molar-refractivity contribution >= 4 is 23.0 Å². The average Bonchev–Trinajstić information content (AvgIpc) is 2.03. The van der Waals surface area contributed by atoms with Crippen molar-refractivity contribution in [3.8, 4) is 5.75 Å². The number of methoxy groups -OCH3 is 1. The third kappa shape index (κ3) is 1.56. The Morgan fingerprint density at radius 2 is 2.17 bits per heavy atom. The summed E-state index contributed by atoms with van der Waals surface area (Å²) in [6.45, 7) is 0. The maximum atomic E-state index is 5.77. The SMILES string of the molecule is CNc1c(N)cc(Cl)cc1OC. The van der Waals surface area contributed by atoms with Gasteiger partial charge in [0.05, 0.1) is 18.5 Å². The second-order valence-electron chi connectivity index (χ2n) is 2.32. The molecule has 0 heterocycles. The first kappa shape index (κ1) is 9.00. The summed E-state index contributed by atoms with van der Waals surface area (Å²) >= 11 is 5.77. The van der Waals surface area contributed by atoms with Crippen LogP contribution in [0.5, 0.6) is 5.75 Å². The lowest BCUT2D eigenvalue weighted by Crippen LogP contribution is -1.98. The van der Waals surface area contributed by atoms with Crippen LogP contribution < -0.4 is 15.8 Å². The molecule has 0 fully saturated rings. The first-order valence-corrected chi connectivity index (χ1v) is 3.87. The van der Waals surface area contributed by atoms with E-state index < -0.39 is 0 Å². The van der Waals surface area contributed by atoms with Crippen LogP contribution in [0.1, 0.15) is 0 Å². The number of hydrogen-bond acceptors (Lipinski definition) is 3. The third-order valence-corrected chi connectivity index (χ3v) is 1.79. The zero-order chi connectivity index (χ0) is 9.14. The van der Waals surface area contributed by atoms with Gasteiger partial charge in [-0.25, -0.2) is 0 Å². The highest BCUT2D eigenvalue weighted by Crippen LogP contribution is 2.33. The number of nitrogens with one attached hydrogen (secondary N) is 1. The molecule has 0 saturated carbocycles. The van der Waals surface area contributed by atoms with Gasteiger partial charge in [-0.1, -0.05) is 11.6 Å². The van der Waals surface area contributed by atoms with E-state index >= 15 is 0 Å². The van der Waals surface area contributed by atoms with E-state index in [1.54, 1.807) is 26.3 Å². The van der Waals surface area contributed by atoms with E-state index in [1.807, 2.05) is 0 Å². The van der Waals surface area contributed by atoms with Crippen molar-refractivity contribution in [1.82, 2.24) is 0 Å². The number of nitrogen functional groups attached to an aromatic ring is 1. The van der Waals surface area contributed by atoms with E-state index in [2.05, 4.69) is 5.32 Å². The van der Waals surface area contributed by atoms with Gasteiger partial charge in [0, 0.05) is 18.1 Å². The van der Waals surface area contributed by atoms with Gasteiger partial charge in [-0.05, 0) is 6.07 Å². The molecule has 0 aliphatic carbocycles. The molecule has 12 heavy (non-hydrogen) atoms. The molecule has 0 radical (unpaired) electrons. The molecule has 0 unspecified atom stereocenters. The van der Waals surface area contributed by atoms with E-state index in [1.165, 1.54) is 0 Å². The van der Waals surface area contributed by atoms with E-state index in [0.29, 0.717) is 16.5 Å². The molecular formula is C8H11ClN2O. The van der Waals surface area contributed by atoms with Crippen molar-refractivity contribution < 1.29 is 4.74 Å². The van der Waals surface area contributed by atoms with Crippen LogP contribution in [0.2, 0.25) is 5.02 Å². The molecule has 0 aliphatic rings. The van der Waals surface area contributed by atoms with Gasteiger partial charge in [0.15, 0.2) is 0 Å². The number of hydrogen-bond donors (Lipinski definition) is 2. The minimum Gasteiger partial charge on any atom is -0.494 e. The highest BCUT2D eigenvalue weighted by molar-refractivity contribution is 6.31. The van der Waals surface area contributed by atoms with Crippen LogP contribution in [0.4, 0.5) is 11.4 Å². The fourth-order valence-corrected chi connectivity index (χ4v) is 1.25. The molecule has 0 aliphatic heterocycles. The summed E-state index contributed by atoms with van der Waals surface area (Å²) in [7, 11) is 3.36. The fourth-order valence-electron chi connectivity index (χ4n) is 1.03. The van der Waals surface area contributed by atoms with Crippen molar-refractivity contribution in [2.75, 3.05) is 25.2 Å². The van der Waals surface area contributed by atoms with E-state index in [-0.39, 0.29) is 0 Å². The van der Waals surface area contributed by atoms with Crippen molar-refractivity contribution in [3.05, 3.63) is 17.2 Å². The lowest BCUT2D eigenvalue weighted by atomic mass is 10.2. The first-order valence-electron chi connectivity index (χ1n) is 3.49. The van der Waals surface area contributed by atoms with Crippen molar-refractivity contribution in [2.24, 2.45) is 0 Å². The number of halogens is 1. The molecule has 0 atom stereocenters. The molecule has 0 saturated heterocycles. The Kier molecular flexibility index (Phi) is 2.65. The van der Waals surface area contributed by atoms with Gasteiger partial charge in [0.1, 0.15) is 5.75 Å². The molecule has 1 aromatic carbocycles. The van der Waals surface area contributed by atoms with Gasteiger partial charge in [-0.2, -0.15) is 0 Å². The van der Waals surface area contributed by atoms with Gasteiger partial charge >= 0.3 is 0 Å². The summed E-state index contributed by atoms with van der Waals surface area (Å²) in [5.41, 5.74) is 7.03. The number of anilines is 2. The van der Waals surface area contributed by atoms with Crippen LogP contribution in [0.25, 0.3) is 0 Å². The topological polar surface area (TPSA) is 47.3 Å². The molecule has 0 aromatic heterocycles. The van der Waals surface area contributed by atoms with Gasteiger partial charge in [-0.15, -0.1) is 0 Å². The van der Waals surface area contributed by atoms with Gasteiger partial charge < -0.3 is 15.8 Å². The quantitative estimate of drug-likeness (QED) is 0.695. The monoisotopic (exact) mass is 186 g/mol. The van der Waals surface area contributed by atoms with E-state index in [9.17, 15) is 0 Å². The number of nitrogens with two attached hydrogens (primary N) is 1. The van der Waals surface area contributed by atoms with Crippen LogP contribution in [-0.4, -0.2) is 14.2 Å². The first-order chi connectivity index (χ1) is 5.69. The van der Waals surface area contributed by atoms with Crippen LogP contribution in [0, 0.1) is 0 Å². The predicted molar refractivity (Wildman–Crippen MR) is 52.0 cm³/mol. The minimum atomic E-state index is 0.573. The Bertz CT molecular complexity index is 289. The molecular weight excluding hydrogens is 176 g/mol. The van der Waals surface area contributed by atoms with Crippen molar-refractivity contribution in [3.63, 3.8) is 0 Å². The summed E-state index contributed by atoms with van der Waals surface area (Å²) in [4.78, 5) is 0. The minimum absolute atomic E-state index is 0.573. The molecule has 1 rings (SSSR count). The Morgan fingerprint density at radius 3 is 2.67 bits per heavy atom. The van der Waals surface area contributed by atoms with Gasteiger partial charge in [0.2, 0.25) is 0 Å². The van der Waals surface area contributed by atoms with Gasteiger partial charge in [0.25, 0.3) is 0 Å². The van der Waals surface area contributed by atoms with Gasteiger partial charge in [-0.3, -0.25) is 0 Å². The van der Waals surface area contributed by atoms with Crippen molar-refractivity contribution in [2.45, 2.75) is 0 Å². The van der Waals surface area contributed by atoms with Crippen molar-refractivity contribution in [1.29, 1.82) is 0 Å². The maximum Gasteiger partial charge on any atom is 0.145 e.